The molecule has 1 aliphatic rings. The van der Waals surface area contributed by atoms with E-state index >= 15 is 0 Å². The molecule has 0 bridgehead atoms. The lowest BCUT2D eigenvalue weighted by atomic mass is 9.95. The normalized spacial score (nSPS) is 14.9. The molecular formula is C22H25FN4O2. The van der Waals surface area contributed by atoms with Crippen LogP contribution < -0.4 is 10.1 Å². The first-order valence-corrected chi connectivity index (χ1v) is 10.1. The quantitative estimate of drug-likeness (QED) is 0.708. The Hall–Kier alpha value is -2.96. The number of amides is 1. The zero-order valence-electron chi connectivity index (χ0n) is 16.7. The fourth-order valence-corrected chi connectivity index (χ4v) is 3.99. The number of fused-ring (bicyclic) bond motifs is 1. The zero-order valence-corrected chi connectivity index (χ0v) is 16.7. The molecule has 6 nitrogen and oxygen atoms in total. The van der Waals surface area contributed by atoms with Gasteiger partial charge in [0.15, 0.2) is 12.3 Å². The SMILES string of the molecule is Cc1cc(OCC(=O)NC2CCCCC2)nc2c1c(C)nn2-c1cccc(F)c1. The van der Waals surface area contributed by atoms with Gasteiger partial charge in [0.05, 0.1) is 11.4 Å². The van der Waals surface area contributed by atoms with Gasteiger partial charge in [0.1, 0.15) is 5.82 Å². The Morgan fingerprint density at radius 3 is 2.79 bits per heavy atom. The number of nitrogens with zero attached hydrogens (tertiary/aromatic N) is 3. The third-order valence-electron chi connectivity index (χ3n) is 5.36. The number of aromatic nitrogens is 3. The molecule has 1 fully saturated rings. The Balaban J connectivity index is 1.56. The van der Waals surface area contributed by atoms with Gasteiger partial charge in [0.2, 0.25) is 5.88 Å². The van der Waals surface area contributed by atoms with Crippen LogP contribution >= 0.6 is 0 Å². The molecule has 0 saturated heterocycles. The van der Waals surface area contributed by atoms with Gasteiger partial charge in [-0.05, 0) is 50.5 Å². The van der Waals surface area contributed by atoms with Gasteiger partial charge in [-0.2, -0.15) is 10.1 Å². The number of carbonyl (C=O) groups excluding carboxylic acids is 1. The highest BCUT2D eigenvalue weighted by atomic mass is 19.1. The highest BCUT2D eigenvalue weighted by molar-refractivity contribution is 5.84. The molecular weight excluding hydrogens is 371 g/mol. The van der Waals surface area contributed by atoms with Crippen LogP contribution in [0.3, 0.4) is 0 Å². The maximum absolute atomic E-state index is 13.7. The van der Waals surface area contributed by atoms with E-state index in [0.717, 1.165) is 42.3 Å². The summed E-state index contributed by atoms with van der Waals surface area (Å²) in [5, 5.41) is 8.46. The number of pyridine rings is 1. The van der Waals surface area contributed by atoms with E-state index in [1.165, 1.54) is 18.6 Å². The number of halogens is 1. The van der Waals surface area contributed by atoms with Gasteiger partial charge in [-0.15, -0.1) is 0 Å². The Labute approximate surface area is 169 Å². The van der Waals surface area contributed by atoms with Crippen LogP contribution in [0.5, 0.6) is 5.88 Å². The Morgan fingerprint density at radius 1 is 1.24 bits per heavy atom. The molecule has 2 aromatic heterocycles. The van der Waals surface area contributed by atoms with E-state index in [-0.39, 0.29) is 24.4 Å². The van der Waals surface area contributed by atoms with Gasteiger partial charge in [-0.1, -0.05) is 25.3 Å². The molecule has 1 aromatic carbocycles. The van der Waals surface area contributed by atoms with Crippen LogP contribution in [0.15, 0.2) is 30.3 Å². The first kappa shape index (κ1) is 19.4. The second-order valence-electron chi connectivity index (χ2n) is 7.64. The van der Waals surface area contributed by atoms with Crippen molar-refractivity contribution >= 4 is 16.9 Å². The largest absolute Gasteiger partial charge is 0.468 e. The van der Waals surface area contributed by atoms with E-state index in [2.05, 4.69) is 15.4 Å². The van der Waals surface area contributed by atoms with E-state index in [1.807, 2.05) is 13.8 Å². The van der Waals surface area contributed by atoms with E-state index < -0.39 is 0 Å². The molecule has 0 spiro atoms. The second kappa shape index (κ2) is 8.19. The summed E-state index contributed by atoms with van der Waals surface area (Å²) < 4.78 is 21.0. The molecule has 1 aliphatic carbocycles. The summed E-state index contributed by atoms with van der Waals surface area (Å²) in [6, 6.07) is 8.26. The summed E-state index contributed by atoms with van der Waals surface area (Å²) in [5.41, 5.74) is 2.91. The lowest BCUT2D eigenvalue weighted by Gasteiger charge is -2.22. The lowest BCUT2D eigenvalue weighted by Crippen LogP contribution is -2.39. The number of carbonyl (C=O) groups is 1. The molecule has 4 rings (SSSR count). The molecule has 2 heterocycles. The van der Waals surface area contributed by atoms with Crippen LogP contribution in [-0.4, -0.2) is 33.3 Å². The molecule has 0 radical (unpaired) electrons. The summed E-state index contributed by atoms with van der Waals surface area (Å²) in [4.78, 5) is 16.8. The summed E-state index contributed by atoms with van der Waals surface area (Å²) in [6.45, 7) is 3.76. The average Bonchev–Trinajstić information content (AvgIpc) is 3.04. The molecule has 1 N–H and O–H groups in total. The van der Waals surface area contributed by atoms with Crippen LogP contribution in [-0.2, 0) is 4.79 Å². The summed E-state index contributed by atoms with van der Waals surface area (Å²) in [6.07, 6.45) is 5.62. The van der Waals surface area contributed by atoms with Gasteiger partial charge >= 0.3 is 0 Å². The second-order valence-corrected chi connectivity index (χ2v) is 7.64. The number of benzene rings is 1. The first-order valence-electron chi connectivity index (χ1n) is 10.1. The standard InChI is InChI=1S/C22H25FN4O2/c1-14-11-20(29-13-19(28)24-17-8-4-3-5-9-17)25-22-21(14)15(2)26-27(22)18-10-6-7-16(23)12-18/h6-7,10-12,17H,3-5,8-9,13H2,1-2H3,(H,24,28). The van der Waals surface area contributed by atoms with Crippen LogP contribution in [0.1, 0.15) is 43.4 Å². The fraction of sp³-hybridized carbons (Fsp3) is 0.409. The highest BCUT2D eigenvalue weighted by Crippen LogP contribution is 2.27. The maximum Gasteiger partial charge on any atom is 0.258 e. The van der Waals surface area contributed by atoms with Crippen molar-refractivity contribution in [2.75, 3.05) is 6.61 Å². The summed E-state index contributed by atoms with van der Waals surface area (Å²) in [7, 11) is 0. The average molecular weight is 396 g/mol. The van der Waals surface area contributed by atoms with Crippen molar-refractivity contribution in [1.29, 1.82) is 0 Å². The number of ether oxygens (including phenoxy) is 1. The Kier molecular flexibility index (Phi) is 5.47. The minimum absolute atomic E-state index is 0.0818. The van der Waals surface area contributed by atoms with Crippen molar-refractivity contribution in [3.8, 4) is 11.6 Å². The highest BCUT2D eigenvalue weighted by Gasteiger charge is 2.18. The van der Waals surface area contributed by atoms with Gasteiger partial charge < -0.3 is 10.1 Å². The molecule has 29 heavy (non-hydrogen) atoms. The third kappa shape index (κ3) is 4.23. The molecule has 1 amide bonds. The third-order valence-corrected chi connectivity index (χ3v) is 5.36. The summed E-state index contributed by atoms with van der Waals surface area (Å²) in [5.74, 6) is -0.120. The van der Waals surface area contributed by atoms with Crippen LogP contribution in [0.25, 0.3) is 16.7 Å². The maximum atomic E-state index is 13.7. The molecule has 7 heteroatoms. The van der Waals surface area contributed by atoms with E-state index in [9.17, 15) is 9.18 Å². The number of rotatable bonds is 5. The van der Waals surface area contributed by atoms with Crippen LogP contribution in [0.2, 0.25) is 0 Å². The zero-order chi connectivity index (χ0) is 20.4. The van der Waals surface area contributed by atoms with Gasteiger partial charge in [-0.3, -0.25) is 4.79 Å². The minimum Gasteiger partial charge on any atom is -0.468 e. The summed E-state index contributed by atoms with van der Waals surface area (Å²) >= 11 is 0. The monoisotopic (exact) mass is 396 g/mol. The topological polar surface area (TPSA) is 69.0 Å². The van der Waals surface area contributed by atoms with Gasteiger partial charge in [0.25, 0.3) is 5.91 Å². The van der Waals surface area contributed by atoms with Crippen LogP contribution in [0, 0.1) is 19.7 Å². The Morgan fingerprint density at radius 2 is 2.03 bits per heavy atom. The predicted molar refractivity (Wildman–Crippen MR) is 109 cm³/mol. The van der Waals surface area contributed by atoms with Crippen molar-refractivity contribution in [1.82, 2.24) is 20.1 Å². The lowest BCUT2D eigenvalue weighted by molar-refractivity contribution is -0.124. The van der Waals surface area contributed by atoms with Gasteiger partial charge in [-0.25, -0.2) is 9.07 Å². The van der Waals surface area contributed by atoms with Crippen molar-refractivity contribution in [3.63, 3.8) is 0 Å². The Bertz CT molecular complexity index is 1040. The molecule has 0 atom stereocenters. The van der Waals surface area contributed by atoms with Crippen molar-refractivity contribution in [3.05, 3.63) is 47.4 Å². The van der Waals surface area contributed by atoms with Crippen molar-refractivity contribution in [2.24, 2.45) is 0 Å². The molecule has 3 aromatic rings. The van der Waals surface area contributed by atoms with E-state index in [4.69, 9.17) is 4.74 Å². The fourth-order valence-electron chi connectivity index (χ4n) is 3.99. The molecule has 1 saturated carbocycles. The van der Waals surface area contributed by atoms with Gasteiger partial charge in [0, 0.05) is 17.5 Å². The van der Waals surface area contributed by atoms with Crippen molar-refractivity contribution in [2.45, 2.75) is 52.0 Å². The first-order chi connectivity index (χ1) is 14.0. The van der Waals surface area contributed by atoms with E-state index in [1.54, 1.807) is 22.9 Å². The molecule has 152 valence electrons. The molecule has 0 aliphatic heterocycles. The predicted octanol–water partition coefficient (Wildman–Crippen LogP) is 4.00. The number of aryl methyl sites for hydroxylation is 2. The molecule has 0 unspecified atom stereocenters. The smallest absolute Gasteiger partial charge is 0.258 e. The van der Waals surface area contributed by atoms with Crippen molar-refractivity contribution < 1.29 is 13.9 Å². The van der Waals surface area contributed by atoms with Crippen LogP contribution in [0.4, 0.5) is 4.39 Å². The number of nitrogens with one attached hydrogen (secondary N) is 1. The number of hydrogen-bond acceptors (Lipinski definition) is 4. The van der Waals surface area contributed by atoms with E-state index in [0.29, 0.717) is 17.2 Å². The number of hydrogen-bond donors (Lipinski definition) is 1. The minimum atomic E-state index is -0.340.